The highest BCUT2D eigenvalue weighted by Gasteiger charge is 2.36. The summed E-state index contributed by atoms with van der Waals surface area (Å²) in [5.41, 5.74) is 2.80. The second-order valence-corrected chi connectivity index (χ2v) is 9.60. The fraction of sp³-hybridized carbons (Fsp3) is 0.200. The van der Waals surface area contributed by atoms with E-state index in [0.717, 1.165) is 41.0 Å². The van der Waals surface area contributed by atoms with Crippen LogP contribution in [0.4, 0.5) is 5.69 Å². The second kappa shape index (κ2) is 9.48. The Hall–Kier alpha value is -2.61. The van der Waals surface area contributed by atoms with Gasteiger partial charge in [-0.05, 0) is 73.1 Å². The van der Waals surface area contributed by atoms with Crippen LogP contribution in [0, 0.1) is 0 Å². The Balaban J connectivity index is 1.48. The predicted octanol–water partition coefficient (Wildman–Crippen LogP) is 6.02. The third-order valence-corrected chi connectivity index (χ3v) is 6.92. The van der Waals surface area contributed by atoms with Crippen LogP contribution in [0.1, 0.15) is 18.5 Å². The number of carbonyl (C=O) groups is 1. The highest BCUT2D eigenvalue weighted by atomic mass is 79.9. The number of aromatic nitrogens is 1. The van der Waals surface area contributed by atoms with Crippen LogP contribution in [0.5, 0.6) is 0 Å². The Morgan fingerprint density at radius 1 is 1.12 bits per heavy atom. The van der Waals surface area contributed by atoms with Crippen LogP contribution in [-0.4, -0.2) is 39.8 Å². The number of hydrogen-bond donors (Lipinski definition) is 0. The van der Waals surface area contributed by atoms with Crippen molar-refractivity contribution in [3.8, 4) is 5.69 Å². The molecule has 2 aromatic carbocycles. The lowest BCUT2D eigenvalue weighted by molar-refractivity contribution is -0.123. The van der Waals surface area contributed by atoms with E-state index in [0.29, 0.717) is 16.6 Å². The van der Waals surface area contributed by atoms with Crippen molar-refractivity contribution in [1.29, 1.82) is 0 Å². The molecule has 5 rings (SSSR count). The third-order valence-electron chi connectivity index (χ3n) is 5.42. The van der Waals surface area contributed by atoms with Crippen LogP contribution < -0.4 is 0 Å². The van der Waals surface area contributed by atoms with Crippen LogP contribution in [-0.2, 0) is 9.53 Å². The quantitative estimate of drug-likeness (QED) is 0.396. The van der Waals surface area contributed by atoms with Crippen molar-refractivity contribution in [2.24, 2.45) is 4.99 Å². The van der Waals surface area contributed by atoms with Gasteiger partial charge in [-0.2, -0.15) is 0 Å². The van der Waals surface area contributed by atoms with Crippen molar-refractivity contribution in [3.63, 3.8) is 0 Å². The molecule has 32 heavy (non-hydrogen) atoms. The molecular weight excluding hydrogens is 486 g/mol. The van der Waals surface area contributed by atoms with E-state index in [4.69, 9.17) is 9.73 Å². The first-order valence-electron chi connectivity index (χ1n) is 10.6. The van der Waals surface area contributed by atoms with Crippen LogP contribution in [0.3, 0.4) is 0 Å². The van der Waals surface area contributed by atoms with Gasteiger partial charge in [-0.25, -0.2) is 4.99 Å². The molecule has 3 aromatic rings. The Morgan fingerprint density at radius 2 is 2.00 bits per heavy atom. The monoisotopic (exact) mass is 507 g/mol. The zero-order valence-electron chi connectivity index (χ0n) is 17.4. The molecule has 0 aliphatic carbocycles. The van der Waals surface area contributed by atoms with Gasteiger partial charge in [-0.1, -0.05) is 40.2 Å². The molecule has 5 nitrogen and oxygen atoms in total. The maximum Gasteiger partial charge on any atom is 0.266 e. The minimum Gasteiger partial charge on any atom is -0.376 e. The molecular formula is C25H22BrN3O2S. The first kappa shape index (κ1) is 21.2. The van der Waals surface area contributed by atoms with E-state index < -0.39 is 0 Å². The summed E-state index contributed by atoms with van der Waals surface area (Å²) < 4.78 is 8.88. The van der Waals surface area contributed by atoms with Gasteiger partial charge in [0.15, 0.2) is 5.17 Å². The standard InChI is InChI=1S/C25H22BrN3O2S/c26-18-7-4-10-20(15-18)28-13-5-11-21(28)16-23-24(30)29(17-22-12-6-14-31-22)25(32-23)27-19-8-2-1-3-9-19/h1-5,7-11,13,15-16,22H,6,12,14,17H2/b23-16-,27-25?/t22-/m0/s1. The number of ether oxygens (including phenoxy) is 1. The van der Waals surface area contributed by atoms with Crippen molar-refractivity contribution >= 4 is 50.5 Å². The topological polar surface area (TPSA) is 46.8 Å². The largest absolute Gasteiger partial charge is 0.376 e. The van der Waals surface area contributed by atoms with E-state index in [-0.39, 0.29) is 12.0 Å². The lowest BCUT2D eigenvalue weighted by Crippen LogP contribution is -2.36. The first-order valence-corrected chi connectivity index (χ1v) is 12.2. The molecule has 0 saturated carbocycles. The fourth-order valence-corrected chi connectivity index (χ4v) is 5.24. The van der Waals surface area contributed by atoms with Crippen molar-refractivity contribution in [2.75, 3.05) is 13.2 Å². The molecule has 0 spiro atoms. The lowest BCUT2D eigenvalue weighted by Gasteiger charge is -2.19. The summed E-state index contributed by atoms with van der Waals surface area (Å²) in [5.74, 6) is -0.0258. The molecule has 162 valence electrons. The van der Waals surface area contributed by atoms with E-state index >= 15 is 0 Å². The van der Waals surface area contributed by atoms with E-state index in [2.05, 4.69) is 26.6 Å². The van der Waals surface area contributed by atoms with Crippen LogP contribution in [0.2, 0.25) is 0 Å². The third kappa shape index (κ3) is 4.60. The number of para-hydroxylation sites is 1. The number of nitrogens with zero attached hydrogens (tertiary/aromatic N) is 3. The highest BCUT2D eigenvalue weighted by Crippen LogP contribution is 2.35. The minimum absolute atomic E-state index is 0.0258. The summed E-state index contributed by atoms with van der Waals surface area (Å²) in [6.45, 7) is 1.29. The van der Waals surface area contributed by atoms with Gasteiger partial charge in [0.25, 0.3) is 5.91 Å². The molecule has 2 aliphatic rings. The van der Waals surface area contributed by atoms with Crippen molar-refractivity contribution in [3.05, 3.63) is 88.0 Å². The number of halogens is 1. The number of hydrogen-bond acceptors (Lipinski definition) is 4. The Kier molecular flexibility index (Phi) is 6.30. The molecule has 0 unspecified atom stereocenters. The van der Waals surface area contributed by atoms with Gasteiger partial charge in [0.05, 0.1) is 23.2 Å². The summed E-state index contributed by atoms with van der Waals surface area (Å²) in [7, 11) is 0. The van der Waals surface area contributed by atoms with Gasteiger partial charge in [-0.15, -0.1) is 0 Å². The molecule has 7 heteroatoms. The van der Waals surface area contributed by atoms with Gasteiger partial charge in [0, 0.05) is 28.7 Å². The summed E-state index contributed by atoms with van der Waals surface area (Å²) >= 11 is 4.96. The van der Waals surface area contributed by atoms with Gasteiger partial charge in [0.2, 0.25) is 0 Å². The van der Waals surface area contributed by atoms with Gasteiger partial charge in [0.1, 0.15) is 0 Å². The van der Waals surface area contributed by atoms with Gasteiger partial charge < -0.3 is 9.30 Å². The fourth-order valence-electron chi connectivity index (χ4n) is 3.86. The lowest BCUT2D eigenvalue weighted by atomic mass is 10.2. The summed E-state index contributed by atoms with van der Waals surface area (Å²) in [5, 5.41) is 0.698. The smallest absolute Gasteiger partial charge is 0.266 e. The molecule has 0 bridgehead atoms. The molecule has 3 heterocycles. The number of thioether (sulfide) groups is 1. The number of aliphatic imine (C=N–C) groups is 1. The first-order chi connectivity index (χ1) is 15.7. The Labute approximate surface area is 199 Å². The predicted molar refractivity (Wildman–Crippen MR) is 133 cm³/mol. The summed E-state index contributed by atoms with van der Waals surface area (Å²) in [4.78, 5) is 20.6. The molecule has 2 fully saturated rings. The Morgan fingerprint density at radius 3 is 2.78 bits per heavy atom. The summed E-state index contributed by atoms with van der Waals surface area (Å²) in [6.07, 6.45) is 6.02. The van der Waals surface area contributed by atoms with Crippen molar-refractivity contribution in [1.82, 2.24) is 9.47 Å². The van der Waals surface area contributed by atoms with E-state index in [9.17, 15) is 4.79 Å². The number of amidine groups is 1. The molecule has 0 radical (unpaired) electrons. The average Bonchev–Trinajstić information content (AvgIpc) is 3.54. The van der Waals surface area contributed by atoms with E-state index in [1.807, 2.05) is 72.9 Å². The molecule has 0 N–H and O–H groups in total. The van der Waals surface area contributed by atoms with Crippen LogP contribution in [0.25, 0.3) is 11.8 Å². The maximum atomic E-state index is 13.4. The van der Waals surface area contributed by atoms with E-state index in [1.165, 1.54) is 11.8 Å². The van der Waals surface area contributed by atoms with Crippen LogP contribution in [0.15, 0.2) is 87.3 Å². The number of carbonyl (C=O) groups excluding carboxylic acids is 1. The maximum absolute atomic E-state index is 13.4. The molecule has 2 aliphatic heterocycles. The van der Waals surface area contributed by atoms with Crippen LogP contribution >= 0.6 is 27.7 Å². The van der Waals surface area contributed by atoms with Gasteiger partial charge >= 0.3 is 0 Å². The SMILES string of the molecule is O=C1/C(=C/c2cccn2-c2cccc(Br)c2)SC(=Nc2ccccc2)N1C[C@@H]1CCCO1. The number of amides is 1. The summed E-state index contributed by atoms with van der Waals surface area (Å²) in [6, 6.07) is 21.8. The molecule has 1 amide bonds. The zero-order chi connectivity index (χ0) is 21.9. The molecule has 2 saturated heterocycles. The van der Waals surface area contributed by atoms with E-state index in [1.54, 1.807) is 4.90 Å². The number of rotatable bonds is 5. The molecule has 1 atom stereocenters. The molecule has 1 aromatic heterocycles. The van der Waals surface area contributed by atoms with Gasteiger partial charge in [-0.3, -0.25) is 9.69 Å². The highest BCUT2D eigenvalue weighted by molar-refractivity contribution is 9.10. The van der Waals surface area contributed by atoms with Crippen molar-refractivity contribution in [2.45, 2.75) is 18.9 Å². The minimum atomic E-state index is -0.0258. The number of benzene rings is 2. The Bertz CT molecular complexity index is 1180. The second-order valence-electron chi connectivity index (χ2n) is 7.67. The van der Waals surface area contributed by atoms with Crippen molar-refractivity contribution < 1.29 is 9.53 Å². The zero-order valence-corrected chi connectivity index (χ0v) is 19.8. The normalized spacial score (nSPS) is 21.2. The average molecular weight is 508 g/mol.